The summed E-state index contributed by atoms with van der Waals surface area (Å²) in [5.41, 5.74) is 6.38. The molecule has 1 rings (SSSR count). The molecular weight excluding hydrogens is 282 g/mol. The highest BCUT2D eigenvalue weighted by Gasteiger charge is 2.16. The van der Waals surface area contributed by atoms with Crippen molar-refractivity contribution in [3.8, 4) is 0 Å². The van der Waals surface area contributed by atoms with Gasteiger partial charge in [-0.3, -0.25) is 9.59 Å². The lowest BCUT2D eigenvalue weighted by Gasteiger charge is -2.14. The predicted octanol–water partition coefficient (Wildman–Crippen LogP) is 0.954. The van der Waals surface area contributed by atoms with Crippen LogP contribution in [0.4, 0.5) is 5.69 Å². The summed E-state index contributed by atoms with van der Waals surface area (Å²) in [6, 6.07) is 3.90. The summed E-state index contributed by atoms with van der Waals surface area (Å²) >= 11 is 5.98. The van der Waals surface area contributed by atoms with Gasteiger partial charge in [0, 0.05) is 26.9 Å². The fraction of sp³-hybridized carbons (Fsp3) is 0.385. The zero-order valence-corrected chi connectivity index (χ0v) is 12.4. The molecule has 0 aromatic heterocycles. The van der Waals surface area contributed by atoms with Gasteiger partial charge in [-0.25, -0.2) is 0 Å². The summed E-state index contributed by atoms with van der Waals surface area (Å²) in [5, 5.41) is 2.94. The highest BCUT2D eigenvalue weighted by molar-refractivity contribution is 6.34. The highest BCUT2D eigenvalue weighted by Crippen LogP contribution is 2.21. The van der Waals surface area contributed by atoms with Crippen molar-refractivity contribution in [2.45, 2.75) is 6.04 Å². The third-order valence-corrected chi connectivity index (χ3v) is 2.88. The fourth-order valence-electron chi connectivity index (χ4n) is 1.50. The van der Waals surface area contributed by atoms with Gasteiger partial charge >= 0.3 is 0 Å². The second kappa shape index (κ2) is 7.23. The van der Waals surface area contributed by atoms with Crippen molar-refractivity contribution in [2.24, 2.45) is 5.73 Å². The molecule has 1 aromatic rings. The van der Waals surface area contributed by atoms with Gasteiger partial charge in [0.05, 0.1) is 17.2 Å². The fourth-order valence-corrected chi connectivity index (χ4v) is 1.70. The summed E-state index contributed by atoms with van der Waals surface area (Å²) in [5.74, 6) is -0.635. The number of carbonyl (C=O) groups is 2. The molecule has 6 nitrogen and oxygen atoms in total. The molecule has 0 radical (unpaired) electrons. The molecule has 20 heavy (non-hydrogen) atoms. The first-order valence-electron chi connectivity index (χ1n) is 5.93. The first-order chi connectivity index (χ1) is 9.36. The number of nitrogens with two attached hydrogens (primary N) is 1. The molecule has 2 amide bonds. The molecule has 0 aliphatic heterocycles. The second-order valence-electron chi connectivity index (χ2n) is 4.45. The van der Waals surface area contributed by atoms with E-state index in [0.29, 0.717) is 16.3 Å². The smallest absolute Gasteiger partial charge is 0.254 e. The van der Waals surface area contributed by atoms with Gasteiger partial charge in [0.2, 0.25) is 5.91 Å². The van der Waals surface area contributed by atoms with Crippen LogP contribution in [0.3, 0.4) is 0 Å². The van der Waals surface area contributed by atoms with E-state index in [9.17, 15) is 9.59 Å². The minimum absolute atomic E-state index is 0.114. The lowest BCUT2D eigenvalue weighted by molar-refractivity contribution is -0.118. The van der Waals surface area contributed by atoms with E-state index in [1.807, 2.05) is 0 Å². The maximum absolute atomic E-state index is 11.9. The zero-order valence-electron chi connectivity index (χ0n) is 11.6. The number of benzene rings is 1. The molecular formula is C13H18ClN3O3. The standard InChI is InChI=1S/C13H18ClN3O3/c1-17(2)13(19)9-6-8(4-5-10(9)14)16-12(18)11(15)7-20-3/h4-6,11H,7,15H2,1-3H3,(H,16,18). The number of amides is 2. The van der Waals surface area contributed by atoms with E-state index < -0.39 is 11.9 Å². The van der Waals surface area contributed by atoms with Gasteiger partial charge in [0.15, 0.2) is 0 Å². The molecule has 7 heteroatoms. The van der Waals surface area contributed by atoms with Crippen LogP contribution in [0.15, 0.2) is 18.2 Å². The van der Waals surface area contributed by atoms with Crippen LogP contribution in [0.25, 0.3) is 0 Å². The molecule has 110 valence electrons. The predicted molar refractivity (Wildman–Crippen MR) is 78.0 cm³/mol. The summed E-state index contributed by atoms with van der Waals surface area (Å²) in [6.07, 6.45) is 0. The quantitative estimate of drug-likeness (QED) is 0.848. The van der Waals surface area contributed by atoms with Gasteiger partial charge in [-0.15, -0.1) is 0 Å². The maximum atomic E-state index is 11.9. The summed E-state index contributed by atoms with van der Waals surface area (Å²) in [6.45, 7) is 0.114. The van der Waals surface area contributed by atoms with E-state index in [2.05, 4.69) is 5.32 Å². The number of halogens is 1. The Balaban J connectivity index is 2.90. The summed E-state index contributed by atoms with van der Waals surface area (Å²) in [7, 11) is 4.71. The number of anilines is 1. The Labute approximate surface area is 122 Å². The average Bonchev–Trinajstić information content (AvgIpc) is 2.40. The molecule has 0 spiro atoms. The monoisotopic (exact) mass is 299 g/mol. The number of carbonyl (C=O) groups excluding carboxylic acids is 2. The Morgan fingerprint density at radius 3 is 2.65 bits per heavy atom. The van der Waals surface area contributed by atoms with Gasteiger partial charge in [-0.1, -0.05) is 11.6 Å². The topological polar surface area (TPSA) is 84.7 Å². The van der Waals surface area contributed by atoms with Crippen molar-refractivity contribution < 1.29 is 14.3 Å². The Hall–Kier alpha value is -1.63. The molecule has 3 N–H and O–H groups in total. The Bertz CT molecular complexity index is 506. The number of nitrogens with one attached hydrogen (secondary N) is 1. The number of hydrogen-bond acceptors (Lipinski definition) is 4. The number of hydrogen-bond donors (Lipinski definition) is 2. The van der Waals surface area contributed by atoms with E-state index in [4.69, 9.17) is 22.1 Å². The van der Waals surface area contributed by atoms with Crippen molar-refractivity contribution in [1.82, 2.24) is 4.90 Å². The van der Waals surface area contributed by atoms with Gasteiger partial charge in [0.1, 0.15) is 6.04 Å². The molecule has 1 unspecified atom stereocenters. The van der Waals surface area contributed by atoms with Crippen LogP contribution in [0.2, 0.25) is 5.02 Å². The number of methoxy groups -OCH3 is 1. The Morgan fingerprint density at radius 2 is 2.10 bits per heavy atom. The largest absolute Gasteiger partial charge is 0.383 e. The lowest BCUT2D eigenvalue weighted by atomic mass is 10.1. The maximum Gasteiger partial charge on any atom is 0.254 e. The molecule has 1 aromatic carbocycles. The second-order valence-corrected chi connectivity index (χ2v) is 4.85. The van der Waals surface area contributed by atoms with Gasteiger partial charge < -0.3 is 20.7 Å². The van der Waals surface area contributed by atoms with Gasteiger partial charge in [-0.05, 0) is 18.2 Å². The molecule has 0 saturated carbocycles. The minimum Gasteiger partial charge on any atom is -0.383 e. The van der Waals surface area contributed by atoms with Crippen LogP contribution in [-0.2, 0) is 9.53 Å². The summed E-state index contributed by atoms with van der Waals surface area (Å²) in [4.78, 5) is 25.1. The minimum atomic E-state index is -0.774. The van der Waals surface area contributed by atoms with Crippen LogP contribution in [0, 0.1) is 0 Å². The highest BCUT2D eigenvalue weighted by atomic mass is 35.5. The first-order valence-corrected chi connectivity index (χ1v) is 6.31. The van der Waals surface area contributed by atoms with E-state index >= 15 is 0 Å². The van der Waals surface area contributed by atoms with Crippen molar-refractivity contribution in [3.05, 3.63) is 28.8 Å². The molecule has 0 fully saturated rings. The van der Waals surface area contributed by atoms with Crippen molar-refractivity contribution in [3.63, 3.8) is 0 Å². The van der Waals surface area contributed by atoms with E-state index in [-0.39, 0.29) is 12.5 Å². The Kier molecular flexibility index (Phi) is 5.94. The first kappa shape index (κ1) is 16.4. The van der Waals surface area contributed by atoms with Gasteiger partial charge in [0.25, 0.3) is 5.91 Å². The van der Waals surface area contributed by atoms with Crippen LogP contribution in [-0.4, -0.2) is 50.6 Å². The van der Waals surface area contributed by atoms with Crippen LogP contribution >= 0.6 is 11.6 Å². The van der Waals surface area contributed by atoms with E-state index in [1.54, 1.807) is 26.2 Å². The molecule has 1 atom stereocenters. The van der Waals surface area contributed by atoms with Crippen LogP contribution < -0.4 is 11.1 Å². The third-order valence-electron chi connectivity index (χ3n) is 2.55. The lowest BCUT2D eigenvalue weighted by Crippen LogP contribution is -2.39. The van der Waals surface area contributed by atoms with Crippen molar-refractivity contribution in [1.29, 1.82) is 0 Å². The average molecular weight is 300 g/mol. The molecule has 0 saturated heterocycles. The molecule has 0 aliphatic carbocycles. The van der Waals surface area contributed by atoms with Crippen LogP contribution in [0.1, 0.15) is 10.4 Å². The normalized spacial score (nSPS) is 11.8. The Morgan fingerprint density at radius 1 is 1.45 bits per heavy atom. The van der Waals surface area contributed by atoms with Crippen molar-refractivity contribution in [2.75, 3.05) is 33.1 Å². The van der Waals surface area contributed by atoms with Gasteiger partial charge in [-0.2, -0.15) is 0 Å². The molecule has 0 bridgehead atoms. The van der Waals surface area contributed by atoms with E-state index in [0.717, 1.165) is 0 Å². The summed E-state index contributed by atoms with van der Waals surface area (Å²) < 4.78 is 4.81. The van der Waals surface area contributed by atoms with Crippen molar-refractivity contribution >= 4 is 29.1 Å². The number of rotatable bonds is 5. The van der Waals surface area contributed by atoms with E-state index in [1.165, 1.54) is 18.1 Å². The molecule has 0 heterocycles. The zero-order chi connectivity index (χ0) is 15.3. The molecule has 0 aliphatic rings. The third kappa shape index (κ3) is 4.19. The number of nitrogens with zero attached hydrogens (tertiary/aromatic N) is 1. The number of ether oxygens (including phenoxy) is 1. The van der Waals surface area contributed by atoms with Crippen LogP contribution in [0.5, 0.6) is 0 Å². The SMILES string of the molecule is COCC(N)C(=O)Nc1ccc(Cl)c(C(=O)N(C)C)c1.